The molecule has 0 saturated heterocycles. The molecule has 0 aromatic heterocycles. The van der Waals surface area contributed by atoms with Gasteiger partial charge in [-0.25, -0.2) is 0 Å². The van der Waals surface area contributed by atoms with Crippen LogP contribution >= 0.6 is 0 Å². The van der Waals surface area contributed by atoms with E-state index in [0.717, 1.165) is 12.8 Å². The van der Waals surface area contributed by atoms with E-state index in [1.807, 2.05) is 0 Å². The maximum Gasteiger partial charge on any atom is 0.0670 e. The van der Waals surface area contributed by atoms with E-state index in [0.29, 0.717) is 6.42 Å². The summed E-state index contributed by atoms with van der Waals surface area (Å²) in [5.74, 6) is -0.292. The normalized spacial score (nSPS) is 38.7. The highest BCUT2D eigenvalue weighted by Gasteiger charge is 2.49. The quantitative estimate of drug-likeness (QED) is 0.732. The van der Waals surface area contributed by atoms with Gasteiger partial charge in [0.25, 0.3) is 0 Å². The monoisotopic (exact) mass is 259 g/mol. The third-order valence-electron chi connectivity index (χ3n) is 5.71. The first kappa shape index (κ1) is 14.4. The molecule has 2 N–H and O–H groups in total. The number of nitrogens with zero attached hydrogens (tertiary/aromatic N) is 2. The molecule has 0 aliphatic heterocycles. The van der Waals surface area contributed by atoms with Crippen molar-refractivity contribution in [3.63, 3.8) is 0 Å². The van der Waals surface area contributed by atoms with Crippen LogP contribution in [0.25, 0.3) is 0 Å². The van der Waals surface area contributed by atoms with Crippen LogP contribution in [0.4, 0.5) is 0 Å². The molecular formula is C16H25N3. The molecule has 3 heteroatoms. The number of nitrogens with two attached hydrogens (primary N) is 1. The molecule has 104 valence electrons. The first-order valence-electron chi connectivity index (χ1n) is 7.63. The molecule has 2 aliphatic rings. The van der Waals surface area contributed by atoms with E-state index in [2.05, 4.69) is 19.1 Å². The summed E-state index contributed by atoms with van der Waals surface area (Å²) < 4.78 is 0. The highest BCUT2D eigenvalue weighted by Crippen LogP contribution is 2.50. The van der Waals surface area contributed by atoms with Gasteiger partial charge in [0, 0.05) is 5.54 Å². The van der Waals surface area contributed by atoms with Crippen molar-refractivity contribution >= 4 is 0 Å². The van der Waals surface area contributed by atoms with E-state index in [4.69, 9.17) is 11.0 Å². The van der Waals surface area contributed by atoms with Crippen molar-refractivity contribution in [3.8, 4) is 12.1 Å². The molecular weight excluding hydrogens is 234 g/mol. The van der Waals surface area contributed by atoms with Crippen molar-refractivity contribution in [2.24, 2.45) is 23.0 Å². The summed E-state index contributed by atoms with van der Waals surface area (Å²) in [5, 5.41) is 18.4. The predicted molar refractivity (Wildman–Crippen MR) is 74.8 cm³/mol. The molecule has 0 amide bonds. The Morgan fingerprint density at radius 2 is 1.53 bits per heavy atom. The van der Waals surface area contributed by atoms with Gasteiger partial charge in [-0.1, -0.05) is 32.6 Å². The van der Waals surface area contributed by atoms with E-state index >= 15 is 0 Å². The van der Waals surface area contributed by atoms with Crippen molar-refractivity contribution in [3.05, 3.63) is 0 Å². The van der Waals surface area contributed by atoms with Crippen molar-refractivity contribution in [2.75, 3.05) is 0 Å². The van der Waals surface area contributed by atoms with Crippen molar-refractivity contribution in [1.29, 1.82) is 10.5 Å². The molecule has 3 unspecified atom stereocenters. The van der Waals surface area contributed by atoms with Gasteiger partial charge in [-0.3, -0.25) is 0 Å². The van der Waals surface area contributed by atoms with E-state index in [-0.39, 0.29) is 22.8 Å². The summed E-state index contributed by atoms with van der Waals surface area (Å²) in [4.78, 5) is 0. The van der Waals surface area contributed by atoms with E-state index in [9.17, 15) is 5.26 Å². The minimum absolute atomic E-state index is 0.115. The fourth-order valence-corrected chi connectivity index (χ4v) is 4.10. The van der Waals surface area contributed by atoms with Crippen LogP contribution in [0, 0.1) is 39.9 Å². The van der Waals surface area contributed by atoms with Gasteiger partial charge >= 0.3 is 0 Å². The molecule has 3 nitrogen and oxygen atoms in total. The Labute approximate surface area is 116 Å². The van der Waals surface area contributed by atoms with Crippen LogP contribution in [-0.2, 0) is 0 Å². The Morgan fingerprint density at radius 3 is 2.05 bits per heavy atom. The standard InChI is InChI=1S/C16H25N3/c1-15(7-4-2-3-5-8-15)16(19)9-6-13(11-17)14(10-16)12-18/h13-14H,2-10,19H2,1H3. The van der Waals surface area contributed by atoms with Crippen molar-refractivity contribution < 1.29 is 0 Å². The zero-order chi connectivity index (χ0) is 13.9. The highest BCUT2D eigenvalue weighted by molar-refractivity contribution is 5.12. The molecule has 0 aromatic rings. The lowest BCUT2D eigenvalue weighted by molar-refractivity contribution is 0.0554. The zero-order valence-electron chi connectivity index (χ0n) is 12.0. The van der Waals surface area contributed by atoms with Crippen LogP contribution in [0.3, 0.4) is 0 Å². The van der Waals surface area contributed by atoms with E-state index < -0.39 is 0 Å². The van der Waals surface area contributed by atoms with Crippen LogP contribution < -0.4 is 5.73 Å². The van der Waals surface area contributed by atoms with Gasteiger partial charge in [0.15, 0.2) is 0 Å². The van der Waals surface area contributed by atoms with Gasteiger partial charge in [-0.05, 0) is 37.5 Å². The molecule has 0 radical (unpaired) electrons. The average Bonchev–Trinajstić information content (AvgIpc) is 2.65. The molecule has 19 heavy (non-hydrogen) atoms. The number of hydrogen-bond donors (Lipinski definition) is 1. The first-order valence-corrected chi connectivity index (χ1v) is 7.63. The van der Waals surface area contributed by atoms with Gasteiger partial charge in [-0.2, -0.15) is 10.5 Å². The van der Waals surface area contributed by atoms with Crippen LogP contribution in [0.5, 0.6) is 0 Å². The zero-order valence-corrected chi connectivity index (χ0v) is 12.0. The highest BCUT2D eigenvalue weighted by atomic mass is 14.8. The number of hydrogen-bond acceptors (Lipinski definition) is 3. The van der Waals surface area contributed by atoms with Crippen LogP contribution in [-0.4, -0.2) is 5.54 Å². The Morgan fingerprint density at radius 1 is 0.947 bits per heavy atom. The van der Waals surface area contributed by atoms with Crippen LogP contribution in [0.1, 0.15) is 64.7 Å². The molecule has 2 saturated carbocycles. The molecule has 2 rings (SSSR count). The largest absolute Gasteiger partial charge is 0.325 e. The Hall–Kier alpha value is -1.06. The average molecular weight is 259 g/mol. The number of rotatable bonds is 1. The number of nitriles is 2. The summed E-state index contributed by atoms with van der Waals surface area (Å²) in [6.45, 7) is 2.32. The Kier molecular flexibility index (Phi) is 4.16. The minimum atomic E-state index is -0.245. The lowest BCUT2D eigenvalue weighted by Gasteiger charge is -2.50. The third kappa shape index (κ3) is 2.63. The predicted octanol–water partition coefficient (Wildman–Crippen LogP) is 3.51. The van der Waals surface area contributed by atoms with Gasteiger partial charge in [0.05, 0.1) is 24.0 Å². The first-order chi connectivity index (χ1) is 9.04. The Balaban J connectivity index is 2.18. The Bertz CT molecular complexity index is 395. The second-order valence-corrected chi connectivity index (χ2v) is 6.84. The van der Waals surface area contributed by atoms with Crippen molar-refractivity contribution in [1.82, 2.24) is 0 Å². The molecule has 3 atom stereocenters. The smallest absolute Gasteiger partial charge is 0.0670 e. The third-order valence-corrected chi connectivity index (χ3v) is 5.71. The maximum atomic E-state index is 9.31. The fraction of sp³-hybridized carbons (Fsp3) is 0.875. The maximum absolute atomic E-state index is 9.31. The van der Waals surface area contributed by atoms with Gasteiger partial charge < -0.3 is 5.73 Å². The summed E-state index contributed by atoms with van der Waals surface area (Å²) in [7, 11) is 0. The molecule has 2 aliphatic carbocycles. The molecule has 0 bridgehead atoms. The summed E-state index contributed by atoms with van der Waals surface area (Å²) in [6, 6.07) is 4.62. The second kappa shape index (κ2) is 5.51. The fourth-order valence-electron chi connectivity index (χ4n) is 4.10. The minimum Gasteiger partial charge on any atom is -0.325 e. The second-order valence-electron chi connectivity index (χ2n) is 6.84. The van der Waals surface area contributed by atoms with Gasteiger partial charge in [0.2, 0.25) is 0 Å². The van der Waals surface area contributed by atoms with Crippen LogP contribution in [0.2, 0.25) is 0 Å². The molecule has 0 spiro atoms. The van der Waals surface area contributed by atoms with Gasteiger partial charge in [0.1, 0.15) is 0 Å². The lowest BCUT2D eigenvalue weighted by Crippen LogP contribution is -2.57. The lowest BCUT2D eigenvalue weighted by atomic mass is 9.57. The summed E-state index contributed by atoms with van der Waals surface area (Å²) in [5.41, 5.74) is 6.67. The van der Waals surface area contributed by atoms with Crippen LogP contribution in [0.15, 0.2) is 0 Å². The molecule has 0 heterocycles. The van der Waals surface area contributed by atoms with Crippen molar-refractivity contribution in [2.45, 2.75) is 70.3 Å². The SMILES string of the molecule is CC1(C2(N)CCC(C#N)C(C#N)C2)CCCCCC1. The summed E-state index contributed by atoms with van der Waals surface area (Å²) >= 11 is 0. The topological polar surface area (TPSA) is 73.6 Å². The van der Waals surface area contributed by atoms with Gasteiger partial charge in [-0.15, -0.1) is 0 Å². The van der Waals surface area contributed by atoms with E-state index in [1.165, 1.54) is 38.5 Å². The molecule has 0 aromatic carbocycles. The molecule has 2 fully saturated rings. The summed E-state index contributed by atoms with van der Waals surface area (Å²) in [6.07, 6.45) is 9.90. The van der Waals surface area contributed by atoms with E-state index in [1.54, 1.807) is 0 Å².